The van der Waals surface area contributed by atoms with Gasteiger partial charge in [0.15, 0.2) is 11.6 Å². The van der Waals surface area contributed by atoms with Crippen molar-refractivity contribution in [3.05, 3.63) is 30.1 Å². The molecular weight excluding hydrogens is 466 g/mol. The molecule has 2 unspecified atom stereocenters. The smallest absolute Gasteiger partial charge is 0.414 e. The molecule has 1 N–H and O–H groups in total. The van der Waals surface area contributed by atoms with Crippen molar-refractivity contribution in [1.29, 1.82) is 0 Å². The van der Waals surface area contributed by atoms with E-state index in [0.29, 0.717) is 25.9 Å². The maximum Gasteiger partial charge on any atom is 0.414 e. The topological polar surface area (TPSA) is 88.4 Å². The van der Waals surface area contributed by atoms with Crippen molar-refractivity contribution in [3.8, 4) is 0 Å². The first-order valence-electron chi connectivity index (χ1n) is 10.5. The average Bonchev–Trinajstić information content (AvgIpc) is 3.18. The molecule has 4 heterocycles. The molecule has 0 radical (unpaired) electrons. The highest BCUT2D eigenvalue weighted by atomic mass is 32.2. The first-order valence-corrected chi connectivity index (χ1v) is 11.5. The fraction of sp³-hybridized carbons (Fsp3) is 0.579. The van der Waals surface area contributed by atoms with Gasteiger partial charge in [0.1, 0.15) is 18.1 Å². The van der Waals surface area contributed by atoms with Crippen LogP contribution in [0, 0.1) is 11.6 Å². The van der Waals surface area contributed by atoms with E-state index in [1.807, 2.05) is 0 Å². The minimum absolute atomic E-state index is 0.0519. The number of hydrogen-bond acceptors (Lipinski definition) is 8. The third-order valence-electron chi connectivity index (χ3n) is 6.03. The standard InChI is InChI=1S/C19H21F4N7O2S/c20-13-5-11(29-8-12(32-19(29)31)7-24-18-16(33-18)17(22)23)6-14(21)15(13)28-3-1-10(2-4-28)30-9-25-26-27-30/h5-6,9-10,12,16-18,24H,1-4,7-8H2/t12-,16?,18?/m0/s1. The Morgan fingerprint density at radius 2 is 1.94 bits per heavy atom. The first kappa shape index (κ1) is 22.2. The van der Waals surface area contributed by atoms with Crippen LogP contribution in [0.2, 0.25) is 0 Å². The number of amides is 1. The van der Waals surface area contributed by atoms with Crippen LogP contribution in [0.15, 0.2) is 18.5 Å². The number of hydrogen-bond donors (Lipinski definition) is 1. The zero-order valence-corrected chi connectivity index (χ0v) is 18.1. The largest absolute Gasteiger partial charge is 0.443 e. The quantitative estimate of drug-likeness (QED) is 0.471. The summed E-state index contributed by atoms with van der Waals surface area (Å²) < 4.78 is 62.0. The molecule has 3 aliphatic rings. The highest BCUT2D eigenvalue weighted by Crippen LogP contribution is 2.43. The SMILES string of the molecule is O=C1O[C@@H](CNC2SC2C(F)F)CN1c1cc(F)c(N2CCC(n3cnnn3)CC2)c(F)c1. The Morgan fingerprint density at radius 3 is 2.55 bits per heavy atom. The van der Waals surface area contributed by atoms with Crippen molar-refractivity contribution in [2.75, 3.05) is 36.0 Å². The number of benzene rings is 1. The van der Waals surface area contributed by atoms with E-state index in [0.717, 1.165) is 28.8 Å². The van der Waals surface area contributed by atoms with Gasteiger partial charge < -0.3 is 15.0 Å². The molecule has 14 heteroatoms. The van der Waals surface area contributed by atoms with Crippen molar-refractivity contribution in [2.24, 2.45) is 0 Å². The third kappa shape index (κ3) is 4.58. The van der Waals surface area contributed by atoms with Gasteiger partial charge in [0.25, 0.3) is 6.43 Å². The summed E-state index contributed by atoms with van der Waals surface area (Å²) in [6, 6.07) is 2.30. The number of tetrazole rings is 1. The Morgan fingerprint density at radius 1 is 1.21 bits per heavy atom. The monoisotopic (exact) mass is 487 g/mol. The zero-order valence-electron chi connectivity index (χ0n) is 17.3. The molecule has 3 aliphatic heterocycles. The van der Waals surface area contributed by atoms with E-state index in [4.69, 9.17) is 4.74 Å². The Labute approximate surface area is 190 Å². The molecule has 5 rings (SSSR count). The van der Waals surface area contributed by atoms with Crippen molar-refractivity contribution >= 4 is 29.2 Å². The third-order valence-corrected chi connectivity index (χ3v) is 7.26. The molecular formula is C19H21F4N7O2S. The van der Waals surface area contributed by atoms with E-state index in [9.17, 15) is 22.4 Å². The van der Waals surface area contributed by atoms with Gasteiger partial charge in [-0.15, -0.1) is 16.9 Å². The Bertz CT molecular complexity index is 983. The van der Waals surface area contributed by atoms with E-state index in [1.54, 1.807) is 9.58 Å². The van der Waals surface area contributed by atoms with Crippen LogP contribution < -0.4 is 15.1 Å². The van der Waals surface area contributed by atoms with Crippen LogP contribution in [0.1, 0.15) is 18.9 Å². The summed E-state index contributed by atoms with van der Waals surface area (Å²) >= 11 is 1.11. The van der Waals surface area contributed by atoms with E-state index >= 15 is 0 Å². The van der Waals surface area contributed by atoms with Gasteiger partial charge in [-0.1, -0.05) is 0 Å². The van der Waals surface area contributed by atoms with Crippen molar-refractivity contribution in [2.45, 2.75) is 42.0 Å². The Hall–Kier alpha value is -2.61. The number of alkyl halides is 2. The summed E-state index contributed by atoms with van der Waals surface area (Å²) in [6.07, 6.45) is -0.966. The molecule has 3 atom stereocenters. The summed E-state index contributed by atoms with van der Waals surface area (Å²) in [6.45, 7) is 1.10. The second kappa shape index (κ2) is 8.97. The van der Waals surface area contributed by atoms with Gasteiger partial charge in [-0.3, -0.25) is 4.90 Å². The van der Waals surface area contributed by atoms with Crippen LogP contribution in [0.5, 0.6) is 0 Å². The Kier molecular flexibility index (Phi) is 6.03. The van der Waals surface area contributed by atoms with Gasteiger partial charge in [-0.05, 0) is 23.3 Å². The lowest BCUT2D eigenvalue weighted by molar-refractivity contribution is 0.134. The number of nitrogens with zero attached hydrogens (tertiary/aromatic N) is 6. The molecule has 1 aromatic carbocycles. The van der Waals surface area contributed by atoms with Gasteiger partial charge >= 0.3 is 6.09 Å². The zero-order chi connectivity index (χ0) is 23.1. The van der Waals surface area contributed by atoms with Crippen LogP contribution >= 0.6 is 11.8 Å². The molecule has 178 valence electrons. The molecule has 0 aliphatic carbocycles. The highest BCUT2D eigenvalue weighted by molar-refractivity contribution is 8.07. The molecule has 2 aromatic rings. The maximum absolute atomic E-state index is 14.9. The summed E-state index contributed by atoms with van der Waals surface area (Å²) in [5.41, 5.74) is -0.0837. The normalized spacial score (nSPS) is 25.7. The fourth-order valence-electron chi connectivity index (χ4n) is 4.27. The highest BCUT2D eigenvalue weighted by Gasteiger charge is 2.46. The molecule has 0 bridgehead atoms. The summed E-state index contributed by atoms with van der Waals surface area (Å²) in [5.74, 6) is -1.54. The van der Waals surface area contributed by atoms with Gasteiger partial charge in [0, 0.05) is 31.8 Å². The van der Waals surface area contributed by atoms with Gasteiger partial charge in [-0.25, -0.2) is 27.0 Å². The van der Waals surface area contributed by atoms with E-state index in [-0.39, 0.29) is 35.9 Å². The van der Waals surface area contributed by atoms with Gasteiger partial charge in [0.2, 0.25) is 0 Å². The Balaban J connectivity index is 1.21. The summed E-state index contributed by atoms with van der Waals surface area (Å²) in [5, 5.41) is 12.9. The number of nitrogens with one attached hydrogen (secondary N) is 1. The lowest BCUT2D eigenvalue weighted by Gasteiger charge is -2.33. The fourth-order valence-corrected chi connectivity index (χ4v) is 5.04. The number of piperidine rings is 1. The molecule has 1 amide bonds. The predicted molar refractivity (Wildman–Crippen MR) is 111 cm³/mol. The van der Waals surface area contributed by atoms with Crippen LogP contribution in [-0.2, 0) is 4.74 Å². The van der Waals surface area contributed by atoms with E-state index < -0.39 is 35.5 Å². The molecule has 9 nitrogen and oxygen atoms in total. The minimum Gasteiger partial charge on any atom is -0.443 e. The molecule has 1 aromatic heterocycles. The van der Waals surface area contributed by atoms with Crippen LogP contribution in [0.3, 0.4) is 0 Å². The van der Waals surface area contributed by atoms with Crippen molar-refractivity contribution in [1.82, 2.24) is 25.5 Å². The van der Waals surface area contributed by atoms with Crippen molar-refractivity contribution < 1.29 is 27.1 Å². The minimum atomic E-state index is -2.41. The predicted octanol–water partition coefficient (Wildman–Crippen LogP) is 2.41. The van der Waals surface area contributed by atoms with Crippen LogP contribution in [0.4, 0.5) is 33.7 Å². The number of halogens is 4. The van der Waals surface area contributed by atoms with Crippen LogP contribution in [0.25, 0.3) is 0 Å². The summed E-state index contributed by atoms with van der Waals surface area (Å²) in [7, 11) is 0. The summed E-state index contributed by atoms with van der Waals surface area (Å²) in [4.78, 5) is 15.0. The molecule has 0 spiro atoms. The van der Waals surface area contributed by atoms with Gasteiger partial charge in [-0.2, -0.15) is 0 Å². The number of thioether (sulfide) groups is 1. The molecule has 0 saturated carbocycles. The van der Waals surface area contributed by atoms with E-state index in [2.05, 4.69) is 20.8 Å². The van der Waals surface area contributed by atoms with E-state index in [1.165, 1.54) is 6.33 Å². The lowest BCUT2D eigenvalue weighted by atomic mass is 10.0. The van der Waals surface area contributed by atoms with Crippen LogP contribution in [-0.4, -0.2) is 75.6 Å². The van der Waals surface area contributed by atoms with Crippen molar-refractivity contribution in [3.63, 3.8) is 0 Å². The molecule has 3 saturated heterocycles. The number of rotatable bonds is 7. The molecule has 3 fully saturated rings. The second-order valence-corrected chi connectivity index (χ2v) is 9.47. The number of ether oxygens (including phenoxy) is 1. The molecule has 33 heavy (non-hydrogen) atoms. The first-order chi connectivity index (χ1) is 15.9. The maximum atomic E-state index is 14.9. The second-order valence-electron chi connectivity index (χ2n) is 8.15. The average molecular weight is 487 g/mol. The number of carbonyl (C=O) groups excluding carboxylic acids is 1. The number of carbonyl (C=O) groups is 1. The number of aromatic nitrogens is 4. The van der Waals surface area contributed by atoms with Gasteiger partial charge in [0.05, 0.1) is 28.9 Å². The lowest BCUT2D eigenvalue weighted by Crippen LogP contribution is -2.36. The number of cyclic esters (lactones) is 1. The number of anilines is 2.